The van der Waals surface area contributed by atoms with Crippen LogP contribution in [0.15, 0.2) is 54.9 Å². The molecule has 6 nitrogen and oxygen atoms in total. The Morgan fingerprint density at radius 1 is 1.00 bits per heavy atom. The summed E-state index contributed by atoms with van der Waals surface area (Å²) < 4.78 is 5.14. The maximum absolute atomic E-state index is 12.4. The summed E-state index contributed by atoms with van der Waals surface area (Å²) in [7, 11) is 1.56. The molecule has 26 heavy (non-hydrogen) atoms. The van der Waals surface area contributed by atoms with Crippen LogP contribution in [-0.2, 0) is 0 Å². The first-order valence-electron chi connectivity index (χ1n) is 7.54. The van der Waals surface area contributed by atoms with Gasteiger partial charge in [-0.05, 0) is 30.3 Å². The van der Waals surface area contributed by atoms with Crippen LogP contribution in [0, 0.1) is 0 Å². The Kier molecular flexibility index (Phi) is 5.55. The zero-order chi connectivity index (χ0) is 18.5. The van der Waals surface area contributed by atoms with Crippen LogP contribution in [0.5, 0.6) is 5.75 Å². The van der Waals surface area contributed by atoms with Gasteiger partial charge in [0.05, 0.1) is 17.2 Å². The molecule has 0 aliphatic rings. The summed E-state index contributed by atoms with van der Waals surface area (Å²) >= 11 is 11.9. The van der Waals surface area contributed by atoms with E-state index in [1.54, 1.807) is 49.6 Å². The molecule has 0 radical (unpaired) electrons. The molecule has 0 unspecified atom stereocenters. The molecule has 3 rings (SSSR count). The molecule has 0 aliphatic carbocycles. The Balaban J connectivity index is 1.75. The van der Waals surface area contributed by atoms with Gasteiger partial charge >= 0.3 is 0 Å². The molecule has 1 amide bonds. The zero-order valence-electron chi connectivity index (χ0n) is 13.7. The van der Waals surface area contributed by atoms with Gasteiger partial charge in [0.15, 0.2) is 0 Å². The van der Waals surface area contributed by atoms with E-state index in [2.05, 4.69) is 20.6 Å². The largest absolute Gasteiger partial charge is 0.497 e. The van der Waals surface area contributed by atoms with E-state index in [4.69, 9.17) is 27.9 Å². The first-order chi connectivity index (χ1) is 12.5. The van der Waals surface area contributed by atoms with Crippen molar-refractivity contribution in [1.82, 2.24) is 9.97 Å². The number of benzene rings is 2. The van der Waals surface area contributed by atoms with Crippen LogP contribution in [0.3, 0.4) is 0 Å². The van der Waals surface area contributed by atoms with Crippen LogP contribution in [0.4, 0.5) is 17.2 Å². The fourth-order valence-corrected chi connectivity index (χ4v) is 2.47. The maximum Gasteiger partial charge on any atom is 0.274 e. The highest BCUT2D eigenvalue weighted by Gasteiger charge is 2.10. The summed E-state index contributed by atoms with van der Waals surface area (Å²) in [5.74, 6) is 0.736. The van der Waals surface area contributed by atoms with Crippen molar-refractivity contribution in [3.63, 3.8) is 0 Å². The predicted octanol–water partition coefficient (Wildman–Crippen LogP) is 4.79. The molecule has 1 aromatic heterocycles. The Morgan fingerprint density at radius 3 is 2.62 bits per heavy atom. The number of amides is 1. The topological polar surface area (TPSA) is 76.1 Å². The van der Waals surface area contributed by atoms with Crippen molar-refractivity contribution in [3.8, 4) is 5.75 Å². The molecule has 0 atom stereocenters. The fraction of sp³-hybridized carbons (Fsp3) is 0.0556. The molecule has 1 heterocycles. The van der Waals surface area contributed by atoms with Gasteiger partial charge in [-0.1, -0.05) is 29.3 Å². The second-order valence-corrected chi connectivity index (χ2v) is 6.04. The van der Waals surface area contributed by atoms with Gasteiger partial charge in [0.1, 0.15) is 23.6 Å². The molecule has 3 aromatic rings. The normalized spacial score (nSPS) is 10.3. The highest BCUT2D eigenvalue weighted by atomic mass is 35.5. The van der Waals surface area contributed by atoms with Crippen LogP contribution >= 0.6 is 23.2 Å². The second kappa shape index (κ2) is 8.03. The van der Waals surface area contributed by atoms with Crippen molar-refractivity contribution in [2.45, 2.75) is 0 Å². The van der Waals surface area contributed by atoms with E-state index in [0.717, 1.165) is 0 Å². The number of methoxy groups -OCH3 is 1. The summed E-state index contributed by atoms with van der Waals surface area (Å²) in [5, 5.41) is 6.70. The van der Waals surface area contributed by atoms with E-state index >= 15 is 0 Å². The molecule has 0 fully saturated rings. The fourth-order valence-electron chi connectivity index (χ4n) is 2.17. The first kappa shape index (κ1) is 18.0. The number of rotatable bonds is 5. The number of nitrogens with one attached hydrogen (secondary N) is 2. The summed E-state index contributed by atoms with van der Waals surface area (Å²) in [6, 6.07) is 13.7. The van der Waals surface area contributed by atoms with E-state index in [9.17, 15) is 4.79 Å². The van der Waals surface area contributed by atoms with Crippen molar-refractivity contribution in [1.29, 1.82) is 0 Å². The monoisotopic (exact) mass is 388 g/mol. The summed E-state index contributed by atoms with van der Waals surface area (Å²) in [6.45, 7) is 0. The highest BCUT2D eigenvalue weighted by Crippen LogP contribution is 2.26. The number of hydrogen-bond acceptors (Lipinski definition) is 5. The van der Waals surface area contributed by atoms with Crippen molar-refractivity contribution in [2.75, 3.05) is 17.7 Å². The smallest absolute Gasteiger partial charge is 0.274 e. The van der Waals surface area contributed by atoms with Gasteiger partial charge in [-0.2, -0.15) is 0 Å². The Morgan fingerprint density at radius 2 is 1.85 bits per heavy atom. The minimum atomic E-state index is -0.363. The van der Waals surface area contributed by atoms with Crippen LogP contribution < -0.4 is 15.4 Å². The van der Waals surface area contributed by atoms with Crippen molar-refractivity contribution in [2.24, 2.45) is 0 Å². The van der Waals surface area contributed by atoms with E-state index in [-0.39, 0.29) is 11.6 Å². The summed E-state index contributed by atoms with van der Waals surface area (Å²) in [6.07, 6.45) is 1.31. The minimum absolute atomic E-state index is 0.213. The number of nitrogens with zero attached hydrogens (tertiary/aromatic N) is 2. The predicted molar refractivity (Wildman–Crippen MR) is 103 cm³/mol. The molecule has 8 heteroatoms. The maximum atomic E-state index is 12.4. The van der Waals surface area contributed by atoms with Crippen molar-refractivity contribution < 1.29 is 9.53 Å². The van der Waals surface area contributed by atoms with Crippen LogP contribution in [0.1, 0.15) is 10.5 Å². The Bertz CT molecular complexity index is 950. The standard InChI is InChI=1S/C18H14Cl2N4O2/c1-26-13-4-2-3-11(7-13)24-18(25)16-9-17(22-10-21-16)23-12-5-6-14(19)15(20)8-12/h2-10H,1H3,(H,24,25)(H,21,22,23). The lowest BCUT2D eigenvalue weighted by Crippen LogP contribution is -2.14. The molecule has 0 saturated heterocycles. The Hall–Kier alpha value is -2.83. The molecule has 0 saturated carbocycles. The van der Waals surface area contributed by atoms with Gasteiger partial charge < -0.3 is 15.4 Å². The highest BCUT2D eigenvalue weighted by molar-refractivity contribution is 6.42. The van der Waals surface area contributed by atoms with Gasteiger partial charge in [0, 0.05) is 23.5 Å². The van der Waals surface area contributed by atoms with Crippen LogP contribution in [0.2, 0.25) is 10.0 Å². The average molecular weight is 389 g/mol. The lowest BCUT2D eigenvalue weighted by Gasteiger charge is -2.09. The quantitative estimate of drug-likeness (QED) is 0.656. The number of anilines is 3. The second-order valence-electron chi connectivity index (χ2n) is 5.23. The average Bonchev–Trinajstić information content (AvgIpc) is 2.65. The Labute approximate surface area is 160 Å². The van der Waals surface area contributed by atoms with Crippen molar-refractivity contribution in [3.05, 3.63) is 70.6 Å². The van der Waals surface area contributed by atoms with E-state index in [1.165, 1.54) is 12.4 Å². The minimum Gasteiger partial charge on any atom is -0.497 e. The molecule has 2 N–H and O–H groups in total. The number of aromatic nitrogens is 2. The number of halogens is 2. The van der Waals surface area contributed by atoms with Crippen molar-refractivity contribution >= 4 is 46.3 Å². The number of carbonyl (C=O) groups excluding carboxylic acids is 1. The third-order valence-corrected chi connectivity index (χ3v) is 4.16. The number of hydrogen-bond donors (Lipinski definition) is 2. The molecule has 132 valence electrons. The zero-order valence-corrected chi connectivity index (χ0v) is 15.2. The van der Waals surface area contributed by atoms with Gasteiger partial charge in [-0.25, -0.2) is 9.97 Å². The van der Waals surface area contributed by atoms with Gasteiger partial charge in [0.25, 0.3) is 5.91 Å². The van der Waals surface area contributed by atoms with Gasteiger partial charge in [-0.3, -0.25) is 4.79 Å². The van der Waals surface area contributed by atoms with Crippen LogP contribution in [-0.4, -0.2) is 23.0 Å². The molecular weight excluding hydrogens is 375 g/mol. The lowest BCUT2D eigenvalue weighted by atomic mass is 10.2. The van der Waals surface area contributed by atoms with Gasteiger partial charge in [-0.15, -0.1) is 0 Å². The lowest BCUT2D eigenvalue weighted by molar-refractivity contribution is 0.102. The first-order valence-corrected chi connectivity index (χ1v) is 8.30. The number of carbonyl (C=O) groups is 1. The third kappa shape index (κ3) is 4.41. The molecule has 0 aliphatic heterocycles. The molecular formula is C18H14Cl2N4O2. The van der Waals surface area contributed by atoms with Gasteiger partial charge in [0.2, 0.25) is 0 Å². The number of ether oxygens (including phenoxy) is 1. The van der Waals surface area contributed by atoms with Crippen LogP contribution in [0.25, 0.3) is 0 Å². The molecule has 2 aromatic carbocycles. The van der Waals surface area contributed by atoms with E-state index in [1.807, 2.05) is 0 Å². The summed E-state index contributed by atoms with van der Waals surface area (Å²) in [5.41, 5.74) is 1.51. The third-order valence-electron chi connectivity index (χ3n) is 3.42. The SMILES string of the molecule is COc1cccc(NC(=O)c2cc(Nc3ccc(Cl)c(Cl)c3)ncn2)c1. The summed E-state index contributed by atoms with van der Waals surface area (Å²) in [4.78, 5) is 20.5. The molecule has 0 spiro atoms. The van der Waals surface area contributed by atoms with E-state index < -0.39 is 0 Å². The van der Waals surface area contributed by atoms with E-state index in [0.29, 0.717) is 33.0 Å². The molecule has 0 bridgehead atoms.